The molecule has 2 unspecified atom stereocenters. The van der Waals surface area contributed by atoms with Crippen LogP contribution in [0.15, 0.2) is 0 Å². The molecule has 0 saturated heterocycles. The molecule has 3 heteroatoms. The van der Waals surface area contributed by atoms with E-state index in [-0.39, 0.29) is 12.0 Å². The Morgan fingerprint density at radius 3 is 2.12 bits per heavy atom. The first-order chi connectivity index (χ1) is 7.60. The largest absolute Gasteiger partial charge is 0.468 e. The second kappa shape index (κ2) is 8.57. The van der Waals surface area contributed by atoms with Crippen molar-refractivity contribution in [2.24, 2.45) is 11.8 Å². The fraction of sp³-hybridized carbons (Fsp3) is 0.923. The van der Waals surface area contributed by atoms with Gasteiger partial charge in [0.15, 0.2) is 0 Å². The molecule has 0 radical (unpaired) electrons. The van der Waals surface area contributed by atoms with E-state index in [0.29, 0.717) is 11.8 Å². The number of carbonyl (C=O) groups is 1. The highest BCUT2D eigenvalue weighted by Gasteiger charge is 2.24. The van der Waals surface area contributed by atoms with Gasteiger partial charge in [-0.05, 0) is 18.4 Å². The van der Waals surface area contributed by atoms with Crippen LogP contribution in [-0.2, 0) is 9.53 Å². The zero-order chi connectivity index (χ0) is 12.6. The average Bonchev–Trinajstić information content (AvgIpc) is 2.33. The van der Waals surface area contributed by atoms with Crippen molar-refractivity contribution in [1.82, 2.24) is 5.32 Å². The molecule has 0 aliphatic rings. The monoisotopic (exact) mass is 229 g/mol. The molecular formula is C13H27NO2. The summed E-state index contributed by atoms with van der Waals surface area (Å²) in [4.78, 5) is 11.6. The van der Waals surface area contributed by atoms with Gasteiger partial charge in [0, 0.05) is 0 Å². The molecule has 0 aromatic carbocycles. The Bertz CT molecular complexity index is 190. The Hall–Kier alpha value is -0.570. The van der Waals surface area contributed by atoms with Gasteiger partial charge in [0.05, 0.1) is 7.11 Å². The van der Waals surface area contributed by atoms with Crippen molar-refractivity contribution in [3.05, 3.63) is 0 Å². The molecule has 0 heterocycles. The van der Waals surface area contributed by atoms with Crippen LogP contribution in [0, 0.1) is 11.8 Å². The maximum atomic E-state index is 11.6. The second-order valence-corrected chi connectivity index (χ2v) is 4.48. The third kappa shape index (κ3) is 4.97. The molecule has 0 aliphatic heterocycles. The minimum Gasteiger partial charge on any atom is -0.468 e. The molecule has 0 rings (SSSR count). The van der Waals surface area contributed by atoms with Crippen LogP contribution in [-0.4, -0.2) is 25.7 Å². The van der Waals surface area contributed by atoms with E-state index in [9.17, 15) is 4.79 Å². The van der Waals surface area contributed by atoms with Crippen molar-refractivity contribution in [3.8, 4) is 0 Å². The molecule has 0 aromatic rings. The molecule has 0 fully saturated rings. The van der Waals surface area contributed by atoms with Gasteiger partial charge in [-0.15, -0.1) is 0 Å². The van der Waals surface area contributed by atoms with Gasteiger partial charge >= 0.3 is 5.97 Å². The van der Waals surface area contributed by atoms with Crippen LogP contribution >= 0.6 is 0 Å². The van der Waals surface area contributed by atoms with E-state index in [0.717, 1.165) is 25.8 Å². The Kier molecular flexibility index (Phi) is 8.26. The number of hydrogen-bond donors (Lipinski definition) is 1. The van der Waals surface area contributed by atoms with E-state index in [1.807, 2.05) is 0 Å². The number of nitrogens with one attached hydrogen (secondary N) is 1. The molecule has 0 amide bonds. The summed E-state index contributed by atoms with van der Waals surface area (Å²) in [5, 5.41) is 3.35. The van der Waals surface area contributed by atoms with Crippen LogP contribution in [0.3, 0.4) is 0 Å². The van der Waals surface area contributed by atoms with Crippen LogP contribution in [0.2, 0.25) is 0 Å². The summed E-state index contributed by atoms with van der Waals surface area (Å²) in [6.45, 7) is 9.45. The van der Waals surface area contributed by atoms with Crippen molar-refractivity contribution >= 4 is 5.97 Å². The van der Waals surface area contributed by atoms with Crippen LogP contribution in [0.1, 0.15) is 47.0 Å². The van der Waals surface area contributed by atoms with Gasteiger partial charge in [0.25, 0.3) is 0 Å². The first-order valence-corrected chi connectivity index (χ1v) is 6.41. The average molecular weight is 229 g/mol. The molecule has 0 aliphatic carbocycles. The lowest BCUT2D eigenvalue weighted by Gasteiger charge is -2.24. The maximum absolute atomic E-state index is 11.6. The molecule has 0 aromatic heterocycles. The highest BCUT2D eigenvalue weighted by atomic mass is 16.5. The van der Waals surface area contributed by atoms with Crippen molar-refractivity contribution in [2.75, 3.05) is 13.7 Å². The fourth-order valence-corrected chi connectivity index (χ4v) is 1.75. The normalized spacial score (nSPS) is 14.9. The summed E-state index contributed by atoms with van der Waals surface area (Å²) in [7, 11) is 1.45. The summed E-state index contributed by atoms with van der Waals surface area (Å²) in [5.74, 6) is 0.832. The third-order valence-electron chi connectivity index (χ3n) is 3.45. The van der Waals surface area contributed by atoms with Crippen molar-refractivity contribution in [3.63, 3.8) is 0 Å². The molecule has 0 spiro atoms. The number of esters is 1. The van der Waals surface area contributed by atoms with E-state index in [1.54, 1.807) is 0 Å². The highest BCUT2D eigenvalue weighted by Crippen LogP contribution is 2.11. The Balaban J connectivity index is 4.26. The predicted molar refractivity (Wildman–Crippen MR) is 67.3 cm³/mol. The maximum Gasteiger partial charge on any atom is 0.323 e. The predicted octanol–water partition coefficient (Wildman–Crippen LogP) is 2.60. The van der Waals surface area contributed by atoms with Crippen LogP contribution < -0.4 is 5.32 Å². The molecule has 16 heavy (non-hydrogen) atoms. The molecule has 3 nitrogen and oxygen atoms in total. The van der Waals surface area contributed by atoms with Crippen molar-refractivity contribution < 1.29 is 9.53 Å². The fourth-order valence-electron chi connectivity index (χ4n) is 1.75. The van der Waals surface area contributed by atoms with Crippen LogP contribution in [0.4, 0.5) is 0 Å². The highest BCUT2D eigenvalue weighted by molar-refractivity contribution is 5.75. The van der Waals surface area contributed by atoms with Gasteiger partial charge in [-0.1, -0.05) is 47.0 Å². The van der Waals surface area contributed by atoms with Gasteiger partial charge in [0.1, 0.15) is 6.04 Å². The topological polar surface area (TPSA) is 38.3 Å². The lowest BCUT2D eigenvalue weighted by molar-refractivity contribution is -0.144. The minimum atomic E-state index is -0.157. The Morgan fingerprint density at radius 1 is 1.19 bits per heavy atom. The van der Waals surface area contributed by atoms with Gasteiger partial charge in [-0.25, -0.2) is 0 Å². The smallest absolute Gasteiger partial charge is 0.323 e. The molecular weight excluding hydrogens is 202 g/mol. The SMILES string of the molecule is CCC(CC)CNC(C(=O)OC)C(C)CC. The Morgan fingerprint density at radius 2 is 1.75 bits per heavy atom. The summed E-state index contributed by atoms with van der Waals surface area (Å²) < 4.78 is 4.83. The molecule has 2 atom stereocenters. The second-order valence-electron chi connectivity index (χ2n) is 4.48. The summed E-state index contributed by atoms with van der Waals surface area (Å²) in [6.07, 6.45) is 3.28. The third-order valence-corrected chi connectivity index (χ3v) is 3.45. The lowest BCUT2D eigenvalue weighted by atomic mass is 9.97. The van der Waals surface area contributed by atoms with Gasteiger partial charge in [-0.2, -0.15) is 0 Å². The van der Waals surface area contributed by atoms with Crippen molar-refractivity contribution in [2.45, 2.75) is 53.0 Å². The Labute approximate surface area is 99.9 Å². The number of hydrogen-bond acceptors (Lipinski definition) is 3. The number of rotatable bonds is 8. The molecule has 1 N–H and O–H groups in total. The zero-order valence-corrected chi connectivity index (χ0v) is 11.4. The molecule has 0 saturated carbocycles. The van der Waals surface area contributed by atoms with E-state index < -0.39 is 0 Å². The van der Waals surface area contributed by atoms with Gasteiger partial charge in [0.2, 0.25) is 0 Å². The summed E-state index contributed by atoms with van der Waals surface area (Å²) in [6, 6.07) is -0.157. The van der Waals surface area contributed by atoms with E-state index in [2.05, 4.69) is 33.0 Å². The minimum absolute atomic E-state index is 0.139. The van der Waals surface area contributed by atoms with E-state index in [4.69, 9.17) is 4.74 Å². The first-order valence-electron chi connectivity index (χ1n) is 6.41. The van der Waals surface area contributed by atoms with E-state index >= 15 is 0 Å². The number of methoxy groups -OCH3 is 1. The van der Waals surface area contributed by atoms with Gasteiger partial charge in [-0.3, -0.25) is 4.79 Å². The lowest BCUT2D eigenvalue weighted by Crippen LogP contribution is -2.44. The van der Waals surface area contributed by atoms with E-state index in [1.165, 1.54) is 7.11 Å². The molecule has 0 bridgehead atoms. The quantitative estimate of drug-likeness (QED) is 0.650. The molecule has 96 valence electrons. The van der Waals surface area contributed by atoms with Crippen molar-refractivity contribution in [1.29, 1.82) is 0 Å². The van der Waals surface area contributed by atoms with Gasteiger partial charge < -0.3 is 10.1 Å². The standard InChI is InChI=1S/C13H27NO2/c1-6-10(4)12(13(15)16-5)14-9-11(7-2)8-3/h10-12,14H,6-9H2,1-5H3. The number of ether oxygens (including phenoxy) is 1. The van der Waals surface area contributed by atoms with Crippen LogP contribution in [0.25, 0.3) is 0 Å². The van der Waals surface area contributed by atoms with Crippen LogP contribution in [0.5, 0.6) is 0 Å². The number of carbonyl (C=O) groups excluding carboxylic acids is 1. The first kappa shape index (κ1) is 15.4. The zero-order valence-electron chi connectivity index (χ0n) is 11.4. The summed E-state index contributed by atoms with van der Waals surface area (Å²) in [5.41, 5.74) is 0. The summed E-state index contributed by atoms with van der Waals surface area (Å²) >= 11 is 0.